The lowest BCUT2D eigenvalue weighted by molar-refractivity contribution is 0.0576. The maximum absolute atomic E-state index is 12.8. The van der Waals surface area contributed by atoms with E-state index >= 15 is 0 Å². The first-order valence-corrected chi connectivity index (χ1v) is 8.64. The van der Waals surface area contributed by atoms with Gasteiger partial charge < -0.3 is 10.2 Å². The van der Waals surface area contributed by atoms with Crippen LogP contribution in [0, 0.1) is 0 Å². The quantitative estimate of drug-likeness (QED) is 0.831. The zero-order valence-corrected chi connectivity index (χ0v) is 15.0. The number of rotatable bonds is 3. The van der Waals surface area contributed by atoms with Crippen molar-refractivity contribution in [3.8, 4) is 0 Å². The van der Waals surface area contributed by atoms with Crippen LogP contribution >= 0.6 is 31.9 Å². The summed E-state index contributed by atoms with van der Waals surface area (Å²) in [4.78, 5) is 14.8. The second-order valence-electron chi connectivity index (χ2n) is 5.19. The van der Waals surface area contributed by atoms with Crippen molar-refractivity contribution >= 4 is 37.8 Å². The molecule has 1 aliphatic rings. The Morgan fingerprint density at radius 2 is 1.90 bits per heavy atom. The van der Waals surface area contributed by atoms with Gasteiger partial charge in [-0.1, -0.05) is 45.7 Å². The average molecular weight is 404 g/mol. The molecule has 0 bridgehead atoms. The molecule has 1 N–H and O–H groups in total. The minimum Gasteiger partial charge on any atom is -0.333 e. The molecule has 1 saturated heterocycles. The van der Waals surface area contributed by atoms with Gasteiger partial charge in [0.05, 0.1) is 0 Å². The van der Waals surface area contributed by atoms with Crippen LogP contribution in [-0.4, -0.2) is 36.0 Å². The van der Waals surface area contributed by atoms with Gasteiger partial charge in [-0.25, -0.2) is 0 Å². The lowest BCUT2D eigenvalue weighted by Gasteiger charge is -2.40. The molecule has 110 valence electrons. The molecule has 1 aromatic carbocycles. The fourth-order valence-electron chi connectivity index (χ4n) is 2.59. The van der Waals surface area contributed by atoms with E-state index in [0.29, 0.717) is 6.04 Å². The summed E-state index contributed by atoms with van der Waals surface area (Å²) in [6, 6.07) is 6.41. The van der Waals surface area contributed by atoms with Crippen molar-refractivity contribution in [1.82, 2.24) is 10.2 Å². The number of hydrogen-bond donors (Lipinski definition) is 1. The Labute approximate surface area is 137 Å². The first-order chi connectivity index (χ1) is 9.55. The van der Waals surface area contributed by atoms with E-state index in [-0.39, 0.29) is 11.9 Å². The van der Waals surface area contributed by atoms with Crippen molar-refractivity contribution in [3.05, 3.63) is 32.7 Å². The molecule has 0 saturated carbocycles. The first kappa shape index (κ1) is 16.0. The predicted octanol–water partition coefficient (Wildman–Crippen LogP) is 3.81. The Bertz CT molecular complexity index is 473. The number of nitrogens with zero attached hydrogens (tertiary/aromatic N) is 1. The molecular weight excluding hydrogens is 384 g/mol. The average Bonchev–Trinajstić information content (AvgIpc) is 2.44. The highest BCUT2D eigenvalue weighted by atomic mass is 79.9. The van der Waals surface area contributed by atoms with Gasteiger partial charge in [-0.15, -0.1) is 0 Å². The number of benzene rings is 1. The van der Waals surface area contributed by atoms with E-state index in [2.05, 4.69) is 51.0 Å². The Balaban J connectivity index is 2.24. The van der Waals surface area contributed by atoms with Crippen LogP contribution in [0.5, 0.6) is 0 Å². The summed E-state index contributed by atoms with van der Waals surface area (Å²) in [7, 11) is 0. The van der Waals surface area contributed by atoms with Crippen molar-refractivity contribution in [2.24, 2.45) is 0 Å². The molecule has 3 nitrogen and oxygen atoms in total. The Hall–Kier alpha value is -0.390. The topological polar surface area (TPSA) is 32.3 Å². The highest BCUT2D eigenvalue weighted by molar-refractivity contribution is 9.11. The third-order valence-electron chi connectivity index (χ3n) is 3.83. The maximum atomic E-state index is 12.8. The molecular formula is C15H20Br2N2O. The predicted molar refractivity (Wildman–Crippen MR) is 89.0 cm³/mol. The van der Waals surface area contributed by atoms with Gasteiger partial charge in [-0.2, -0.15) is 0 Å². The van der Waals surface area contributed by atoms with E-state index < -0.39 is 0 Å². The van der Waals surface area contributed by atoms with Gasteiger partial charge in [0, 0.05) is 39.7 Å². The lowest BCUT2D eigenvalue weighted by atomic mass is 10.0. The summed E-state index contributed by atoms with van der Waals surface area (Å²) in [5.74, 6) is 0.124. The number of carbonyl (C=O) groups is 1. The van der Waals surface area contributed by atoms with Gasteiger partial charge in [0.15, 0.2) is 0 Å². The minimum absolute atomic E-state index is 0.124. The van der Waals surface area contributed by atoms with E-state index in [0.717, 1.165) is 40.4 Å². The molecule has 2 unspecified atom stereocenters. The van der Waals surface area contributed by atoms with Gasteiger partial charge in [-0.05, 0) is 31.0 Å². The van der Waals surface area contributed by atoms with Crippen LogP contribution in [0.1, 0.15) is 37.0 Å². The number of hydrogen-bond acceptors (Lipinski definition) is 2. The van der Waals surface area contributed by atoms with Crippen LogP contribution in [0.4, 0.5) is 0 Å². The molecule has 5 heteroatoms. The molecule has 0 spiro atoms. The Kier molecular flexibility index (Phi) is 5.64. The Morgan fingerprint density at radius 3 is 2.45 bits per heavy atom. The number of piperazine rings is 1. The first-order valence-electron chi connectivity index (χ1n) is 7.05. The van der Waals surface area contributed by atoms with Crippen LogP contribution in [0.15, 0.2) is 27.1 Å². The number of carbonyl (C=O) groups excluding carboxylic acids is 1. The van der Waals surface area contributed by atoms with Gasteiger partial charge in [-0.3, -0.25) is 4.79 Å². The second-order valence-corrected chi connectivity index (χ2v) is 7.02. The fraction of sp³-hybridized carbons (Fsp3) is 0.533. The van der Waals surface area contributed by atoms with Crippen LogP contribution in [-0.2, 0) is 0 Å². The summed E-state index contributed by atoms with van der Waals surface area (Å²) in [6.45, 7) is 5.96. The van der Waals surface area contributed by atoms with Crippen LogP contribution in [0.25, 0.3) is 0 Å². The van der Waals surface area contributed by atoms with E-state index in [1.807, 2.05) is 23.1 Å². The van der Waals surface area contributed by atoms with Crippen molar-refractivity contribution in [2.45, 2.75) is 38.8 Å². The van der Waals surface area contributed by atoms with Gasteiger partial charge in [0.25, 0.3) is 5.91 Å². The molecule has 0 aliphatic carbocycles. The summed E-state index contributed by atoms with van der Waals surface area (Å²) in [6.07, 6.45) is 2.02. The van der Waals surface area contributed by atoms with Gasteiger partial charge in [0.2, 0.25) is 0 Å². The molecule has 1 aliphatic heterocycles. The third-order valence-corrected chi connectivity index (χ3v) is 4.75. The van der Waals surface area contributed by atoms with E-state index in [9.17, 15) is 4.79 Å². The molecule has 20 heavy (non-hydrogen) atoms. The van der Waals surface area contributed by atoms with Gasteiger partial charge in [0.1, 0.15) is 0 Å². The van der Waals surface area contributed by atoms with Gasteiger partial charge >= 0.3 is 0 Å². The third kappa shape index (κ3) is 3.62. The van der Waals surface area contributed by atoms with Crippen LogP contribution < -0.4 is 5.32 Å². The molecule has 1 fully saturated rings. The molecule has 0 radical (unpaired) electrons. The number of nitrogens with one attached hydrogen (secondary N) is 1. The molecule has 1 aromatic rings. The normalized spacial score (nSPS) is 22.9. The molecule has 1 amide bonds. The van der Waals surface area contributed by atoms with Crippen LogP contribution in [0.3, 0.4) is 0 Å². The fourth-order valence-corrected chi connectivity index (χ4v) is 3.89. The van der Waals surface area contributed by atoms with E-state index in [1.165, 1.54) is 0 Å². The summed E-state index contributed by atoms with van der Waals surface area (Å²) in [5, 5.41) is 3.52. The summed E-state index contributed by atoms with van der Waals surface area (Å²) in [5.41, 5.74) is 0.737. The Morgan fingerprint density at radius 1 is 1.25 bits per heavy atom. The molecule has 2 rings (SSSR count). The smallest absolute Gasteiger partial charge is 0.254 e. The molecule has 2 atom stereocenters. The number of halogens is 2. The maximum Gasteiger partial charge on any atom is 0.254 e. The number of amides is 1. The SMILES string of the molecule is CCC1CN(C(=O)c2cc(Br)cc(Br)c2)C(CC)CN1. The molecule has 1 heterocycles. The minimum atomic E-state index is 0.124. The second kappa shape index (κ2) is 7.05. The highest BCUT2D eigenvalue weighted by Crippen LogP contribution is 2.23. The highest BCUT2D eigenvalue weighted by Gasteiger charge is 2.30. The van der Waals surface area contributed by atoms with Crippen molar-refractivity contribution in [3.63, 3.8) is 0 Å². The summed E-state index contributed by atoms with van der Waals surface area (Å²) < 4.78 is 1.84. The van der Waals surface area contributed by atoms with Crippen molar-refractivity contribution < 1.29 is 4.79 Å². The van der Waals surface area contributed by atoms with Crippen molar-refractivity contribution in [2.75, 3.05) is 13.1 Å². The van der Waals surface area contributed by atoms with E-state index in [1.54, 1.807) is 0 Å². The zero-order chi connectivity index (χ0) is 14.7. The molecule has 0 aromatic heterocycles. The lowest BCUT2D eigenvalue weighted by Crippen LogP contribution is -2.57. The van der Waals surface area contributed by atoms with E-state index in [4.69, 9.17) is 0 Å². The summed E-state index contributed by atoms with van der Waals surface area (Å²) >= 11 is 6.90. The largest absolute Gasteiger partial charge is 0.333 e. The zero-order valence-electron chi connectivity index (χ0n) is 11.8. The monoisotopic (exact) mass is 402 g/mol. The van der Waals surface area contributed by atoms with Crippen LogP contribution in [0.2, 0.25) is 0 Å². The van der Waals surface area contributed by atoms with Crippen molar-refractivity contribution in [1.29, 1.82) is 0 Å². The standard InChI is InChI=1S/C15H20Br2N2O/c1-3-13-9-19(14(4-2)8-18-13)15(20)10-5-11(16)7-12(17)6-10/h5-7,13-14,18H,3-4,8-9H2,1-2H3.